The summed E-state index contributed by atoms with van der Waals surface area (Å²) in [6.07, 6.45) is 0. The Balaban J connectivity index is 2.21. The van der Waals surface area contributed by atoms with E-state index in [0.29, 0.717) is 5.69 Å². The van der Waals surface area contributed by atoms with Gasteiger partial charge in [-0.3, -0.25) is 0 Å². The monoisotopic (exact) mass is 359 g/mol. The molecular formula is C25H29NO. The maximum absolute atomic E-state index is 6.54. The predicted molar refractivity (Wildman–Crippen MR) is 115 cm³/mol. The van der Waals surface area contributed by atoms with E-state index in [9.17, 15) is 0 Å². The van der Waals surface area contributed by atoms with E-state index in [2.05, 4.69) is 88.4 Å². The molecule has 0 atom stereocenters. The number of anilines is 1. The van der Waals surface area contributed by atoms with Crippen molar-refractivity contribution in [3.8, 4) is 5.75 Å². The van der Waals surface area contributed by atoms with Crippen molar-refractivity contribution in [2.45, 2.75) is 38.5 Å². The number of benzene rings is 3. The lowest BCUT2D eigenvalue weighted by atomic mass is 9.72. The molecule has 0 spiro atoms. The second-order valence-corrected chi connectivity index (χ2v) is 8.12. The Hall–Kier alpha value is -2.74. The van der Waals surface area contributed by atoms with Crippen molar-refractivity contribution in [3.63, 3.8) is 0 Å². The quantitative estimate of drug-likeness (QED) is 0.573. The third-order valence-corrected chi connectivity index (χ3v) is 5.75. The number of rotatable bonds is 5. The van der Waals surface area contributed by atoms with Crippen LogP contribution < -0.4 is 10.5 Å². The average Bonchev–Trinajstić information content (AvgIpc) is 2.69. The summed E-state index contributed by atoms with van der Waals surface area (Å²) in [7, 11) is 1.68. The van der Waals surface area contributed by atoms with Crippen molar-refractivity contribution in [3.05, 3.63) is 95.1 Å². The normalized spacial score (nSPS) is 12.0. The molecule has 0 unspecified atom stereocenters. The Morgan fingerprint density at radius 1 is 0.667 bits per heavy atom. The minimum Gasteiger partial charge on any atom is -0.495 e. The summed E-state index contributed by atoms with van der Waals surface area (Å²) in [4.78, 5) is 0. The first-order valence-electron chi connectivity index (χ1n) is 9.38. The molecule has 2 heteroatoms. The van der Waals surface area contributed by atoms with Gasteiger partial charge in [-0.25, -0.2) is 0 Å². The highest BCUT2D eigenvalue weighted by molar-refractivity contribution is 5.65. The molecule has 140 valence electrons. The molecule has 0 heterocycles. The van der Waals surface area contributed by atoms with E-state index < -0.39 is 0 Å². The molecule has 2 nitrogen and oxygen atoms in total. The Morgan fingerprint density at radius 3 is 1.63 bits per heavy atom. The third-order valence-electron chi connectivity index (χ3n) is 5.75. The lowest BCUT2D eigenvalue weighted by Gasteiger charge is -2.32. The maximum Gasteiger partial charge on any atom is 0.142 e. The summed E-state index contributed by atoms with van der Waals surface area (Å²) in [6.45, 7) is 8.92. The standard InChI is InChI=1S/C25H29NO/c1-24(2,18-12-8-6-9-13-18)20-16-21(23(26)22(17-20)27-5)25(3,4)19-14-10-7-11-15-19/h6-17H,26H2,1-5H3. The van der Waals surface area contributed by atoms with Crippen LogP contribution in [0.15, 0.2) is 72.8 Å². The van der Waals surface area contributed by atoms with Gasteiger partial charge >= 0.3 is 0 Å². The first-order chi connectivity index (χ1) is 12.8. The van der Waals surface area contributed by atoms with Gasteiger partial charge < -0.3 is 10.5 Å². The van der Waals surface area contributed by atoms with Crippen molar-refractivity contribution in [1.29, 1.82) is 0 Å². The lowest BCUT2D eigenvalue weighted by molar-refractivity contribution is 0.414. The number of methoxy groups -OCH3 is 1. The molecule has 3 aromatic carbocycles. The number of ether oxygens (including phenoxy) is 1. The van der Waals surface area contributed by atoms with Crippen molar-refractivity contribution in [1.82, 2.24) is 0 Å². The second-order valence-electron chi connectivity index (χ2n) is 8.12. The number of nitrogens with two attached hydrogens (primary N) is 1. The van der Waals surface area contributed by atoms with Crippen LogP contribution in [0.1, 0.15) is 49.9 Å². The number of nitrogen functional groups attached to an aromatic ring is 1. The number of hydrogen-bond acceptors (Lipinski definition) is 2. The minimum atomic E-state index is -0.235. The van der Waals surface area contributed by atoms with Gasteiger partial charge in [0, 0.05) is 10.8 Å². The summed E-state index contributed by atoms with van der Waals surface area (Å²) in [5, 5.41) is 0. The topological polar surface area (TPSA) is 35.2 Å². The minimum absolute atomic E-state index is 0.163. The first kappa shape index (κ1) is 19.0. The SMILES string of the molecule is COc1cc(C(C)(C)c2ccccc2)cc(C(C)(C)c2ccccc2)c1N. The van der Waals surface area contributed by atoms with Crippen LogP contribution in [0, 0.1) is 0 Å². The van der Waals surface area contributed by atoms with Crippen molar-refractivity contribution < 1.29 is 4.74 Å². The van der Waals surface area contributed by atoms with E-state index >= 15 is 0 Å². The molecule has 0 aliphatic rings. The highest BCUT2D eigenvalue weighted by atomic mass is 16.5. The molecule has 0 fully saturated rings. The van der Waals surface area contributed by atoms with Crippen LogP contribution in [-0.4, -0.2) is 7.11 Å². The molecule has 27 heavy (non-hydrogen) atoms. The van der Waals surface area contributed by atoms with Crippen molar-refractivity contribution in [2.75, 3.05) is 12.8 Å². The highest BCUT2D eigenvalue weighted by Crippen LogP contribution is 2.43. The van der Waals surface area contributed by atoms with E-state index in [1.807, 2.05) is 12.1 Å². The van der Waals surface area contributed by atoms with Crippen LogP contribution in [0.2, 0.25) is 0 Å². The van der Waals surface area contributed by atoms with Gasteiger partial charge in [0.05, 0.1) is 12.8 Å². The summed E-state index contributed by atoms with van der Waals surface area (Å²) >= 11 is 0. The fourth-order valence-electron chi connectivity index (χ4n) is 3.71. The molecule has 0 bridgehead atoms. The van der Waals surface area contributed by atoms with Gasteiger partial charge in [0.1, 0.15) is 5.75 Å². The largest absolute Gasteiger partial charge is 0.495 e. The zero-order chi connectivity index (χ0) is 19.7. The highest BCUT2D eigenvalue weighted by Gasteiger charge is 2.31. The second kappa shape index (κ2) is 7.11. The Kier molecular flexibility index (Phi) is 5.01. The Morgan fingerprint density at radius 2 is 1.15 bits per heavy atom. The van der Waals surface area contributed by atoms with Gasteiger partial charge in [-0.15, -0.1) is 0 Å². The molecule has 0 radical (unpaired) electrons. The Bertz CT molecular complexity index is 912. The summed E-state index contributed by atoms with van der Waals surface area (Å²) in [5.41, 5.74) is 11.6. The van der Waals surface area contributed by atoms with Crippen LogP contribution >= 0.6 is 0 Å². The molecular weight excluding hydrogens is 330 g/mol. The third kappa shape index (κ3) is 3.44. The van der Waals surface area contributed by atoms with Gasteiger partial charge in [-0.1, -0.05) is 94.4 Å². The van der Waals surface area contributed by atoms with Crippen LogP contribution in [0.3, 0.4) is 0 Å². The molecule has 0 amide bonds. The molecule has 2 N–H and O–H groups in total. The Labute approximate surface area is 163 Å². The van der Waals surface area contributed by atoms with Crippen molar-refractivity contribution in [2.24, 2.45) is 0 Å². The van der Waals surface area contributed by atoms with Crippen LogP contribution in [0.5, 0.6) is 5.75 Å². The fraction of sp³-hybridized carbons (Fsp3) is 0.280. The fourth-order valence-corrected chi connectivity index (χ4v) is 3.71. The van der Waals surface area contributed by atoms with E-state index in [1.54, 1.807) is 7.11 Å². The van der Waals surface area contributed by atoms with Gasteiger partial charge in [-0.05, 0) is 28.3 Å². The zero-order valence-electron chi connectivity index (χ0n) is 16.9. The van der Waals surface area contributed by atoms with Crippen LogP contribution in [0.4, 0.5) is 5.69 Å². The zero-order valence-corrected chi connectivity index (χ0v) is 16.9. The molecule has 0 saturated carbocycles. The smallest absolute Gasteiger partial charge is 0.142 e. The van der Waals surface area contributed by atoms with Gasteiger partial charge in [0.25, 0.3) is 0 Å². The predicted octanol–water partition coefficient (Wildman–Crippen LogP) is 5.93. The van der Waals surface area contributed by atoms with Crippen LogP contribution in [-0.2, 0) is 10.8 Å². The van der Waals surface area contributed by atoms with E-state index in [1.165, 1.54) is 16.7 Å². The van der Waals surface area contributed by atoms with Crippen molar-refractivity contribution >= 4 is 5.69 Å². The molecule has 0 saturated heterocycles. The first-order valence-corrected chi connectivity index (χ1v) is 9.38. The van der Waals surface area contributed by atoms with E-state index in [0.717, 1.165) is 11.3 Å². The van der Waals surface area contributed by atoms with Gasteiger partial charge in [0.15, 0.2) is 0 Å². The summed E-state index contributed by atoms with van der Waals surface area (Å²) in [6, 6.07) is 25.4. The average molecular weight is 360 g/mol. The molecule has 3 rings (SSSR count). The van der Waals surface area contributed by atoms with E-state index in [4.69, 9.17) is 10.5 Å². The maximum atomic E-state index is 6.54. The van der Waals surface area contributed by atoms with E-state index in [-0.39, 0.29) is 10.8 Å². The lowest BCUT2D eigenvalue weighted by Crippen LogP contribution is -2.24. The molecule has 0 aliphatic carbocycles. The van der Waals surface area contributed by atoms with Gasteiger partial charge in [0.2, 0.25) is 0 Å². The number of hydrogen-bond donors (Lipinski definition) is 1. The summed E-state index contributed by atoms with van der Waals surface area (Å²) in [5.74, 6) is 0.732. The summed E-state index contributed by atoms with van der Waals surface area (Å²) < 4.78 is 5.66. The van der Waals surface area contributed by atoms with Gasteiger partial charge in [-0.2, -0.15) is 0 Å². The molecule has 0 aliphatic heterocycles. The molecule has 0 aromatic heterocycles. The van der Waals surface area contributed by atoms with Crippen LogP contribution in [0.25, 0.3) is 0 Å². The molecule has 3 aromatic rings.